The lowest BCUT2D eigenvalue weighted by atomic mass is 10.0. The molecule has 0 unspecified atom stereocenters. The van der Waals surface area contributed by atoms with Gasteiger partial charge >= 0.3 is 0 Å². The van der Waals surface area contributed by atoms with Crippen molar-refractivity contribution in [2.45, 2.75) is 45.1 Å². The maximum Gasteiger partial charge on any atom is 0.232 e. The number of anilines is 2. The van der Waals surface area contributed by atoms with E-state index in [2.05, 4.69) is 20.0 Å². The number of rotatable bonds is 10. The van der Waals surface area contributed by atoms with Gasteiger partial charge in [-0.2, -0.15) is 0 Å². The van der Waals surface area contributed by atoms with Gasteiger partial charge in [-0.1, -0.05) is 13.0 Å². The molecule has 1 atom stereocenters. The van der Waals surface area contributed by atoms with E-state index in [1.807, 2.05) is 0 Å². The number of ether oxygens (including phenoxy) is 1. The third-order valence-corrected chi connectivity index (χ3v) is 8.37. The Balaban J connectivity index is 1.78. The van der Waals surface area contributed by atoms with Gasteiger partial charge in [0.25, 0.3) is 0 Å². The SMILES string of the molecule is CCCS(=O)(=O)Nc1cccc(-c2nc(C3CCOCC3)sc2-c2ccnc(NC[C@@H](C)O)n2)c1F. The van der Waals surface area contributed by atoms with Crippen molar-refractivity contribution in [1.82, 2.24) is 15.0 Å². The molecule has 0 saturated carbocycles. The van der Waals surface area contributed by atoms with Crippen LogP contribution in [0.25, 0.3) is 21.8 Å². The lowest BCUT2D eigenvalue weighted by Crippen LogP contribution is -2.17. The second kappa shape index (κ2) is 11.6. The molecule has 9 nitrogen and oxygen atoms in total. The predicted molar refractivity (Wildman–Crippen MR) is 139 cm³/mol. The summed E-state index contributed by atoms with van der Waals surface area (Å²) in [6.07, 6.45) is 3.06. The van der Waals surface area contributed by atoms with E-state index in [1.165, 1.54) is 17.4 Å². The van der Waals surface area contributed by atoms with E-state index in [0.29, 0.717) is 41.8 Å². The summed E-state index contributed by atoms with van der Waals surface area (Å²) in [5.41, 5.74) is 1.03. The molecule has 12 heteroatoms. The maximum atomic E-state index is 15.7. The highest BCUT2D eigenvalue weighted by Gasteiger charge is 2.26. The Bertz CT molecular complexity index is 1290. The van der Waals surface area contributed by atoms with Crippen molar-refractivity contribution in [3.05, 3.63) is 41.3 Å². The molecule has 0 spiro atoms. The highest BCUT2D eigenvalue weighted by molar-refractivity contribution is 7.92. The van der Waals surface area contributed by atoms with Crippen LogP contribution >= 0.6 is 11.3 Å². The monoisotopic (exact) mass is 535 g/mol. The molecule has 4 rings (SSSR count). The second-order valence-electron chi connectivity index (χ2n) is 8.70. The van der Waals surface area contributed by atoms with Gasteiger partial charge in [0, 0.05) is 37.4 Å². The summed E-state index contributed by atoms with van der Waals surface area (Å²) < 4.78 is 48.2. The molecular weight excluding hydrogens is 505 g/mol. The van der Waals surface area contributed by atoms with E-state index >= 15 is 4.39 Å². The summed E-state index contributed by atoms with van der Waals surface area (Å²) in [6, 6.07) is 6.33. The van der Waals surface area contributed by atoms with E-state index in [1.54, 1.807) is 38.2 Å². The van der Waals surface area contributed by atoms with Gasteiger partial charge in [0.05, 0.1) is 38.8 Å². The van der Waals surface area contributed by atoms with Crippen LogP contribution in [0.1, 0.15) is 44.0 Å². The zero-order valence-electron chi connectivity index (χ0n) is 20.2. The average molecular weight is 536 g/mol. The molecular formula is C24H30FN5O4S2. The fourth-order valence-electron chi connectivity index (χ4n) is 3.90. The molecule has 3 aromatic rings. The van der Waals surface area contributed by atoms with E-state index < -0.39 is 21.9 Å². The Labute approximate surface area is 214 Å². The van der Waals surface area contributed by atoms with Crippen molar-refractivity contribution < 1.29 is 22.7 Å². The number of aromatic nitrogens is 3. The summed E-state index contributed by atoms with van der Waals surface area (Å²) in [7, 11) is -3.67. The van der Waals surface area contributed by atoms with E-state index in [0.717, 1.165) is 17.8 Å². The van der Waals surface area contributed by atoms with Crippen molar-refractivity contribution in [1.29, 1.82) is 0 Å². The minimum atomic E-state index is -3.67. The Hall–Kier alpha value is -2.67. The van der Waals surface area contributed by atoms with Crippen LogP contribution in [0, 0.1) is 5.82 Å². The smallest absolute Gasteiger partial charge is 0.232 e. The fourth-order valence-corrected chi connectivity index (χ4v) is 6.25. The molecule has 3 heterocycles. The number of benzene rings is 1. The van der Waals surface area contributed by atoms with Crippen LogP contribution in [-0.2, 0) is 14.8 Å². The summed E-state index contributed by atoms with van der Waals surface area (Å²) in [5.74, 6) is -0.277. The summed E-state index contributed by atoms with van der Waals surface area (Å²) in [5, 5.41) is 13.4. The summed E-state index contributed by atoms with van der Waals surface area (Å²) in [4.78, 5) is 14.3. The van der Waals surface area contributed by atoms with E-state index in [-0.39, 0.29) is 29.5 Å². The Morgan fingerprint density at radius 3 is 2.75 bits per heavy atom. The average Bonchev–Trinajstić information content (AvgIpc) is 3.30. The van der Waals surface area contributed by atoms with Gasteiger partial charge in [0.2, 0.25) is 16.0 Å². The van der Waals surface area contributed by atoms with Crippen molar-refractivity contribution in [2.75, 3.05) is 35.6 Å². The number of hydrogen-bond donors (Lipinski definition) is 3. The Kier molecular flexibility index (Phi) is 8.50. The molecule has 0 bridgehead atoms. The van der Waals surface area contributed by atoms with Crippen molar-refractivity contribution in [3.63, 3.8) is 0 Å². The molecule has 1 saturated heterocycles. The second-order valence-corrected chi connectivity index (χ2v) is 11.6. The molecule has 1 aromatic carbocycles. The lowest BCUT2D eigenvalue weighted by molar-refractivity contribution is 0.0853. The molecule has 1 aliphatic heterocycles. The first-order valence-corrected chi connectivity index (χ1v) is 14.4. The van der Waals surface area contributed by atoms with Crippen LogP contribution in [0.5, 0.6) is 0 Å². The number of nitrogens with zero attached hydrogens (tertiary/aromatic N) is 3. The number of aliphatic hydroxyl groups excluding tert-OH is 1. The first kappa shape index (κ1) is 26.4. The van der Waals surface area contributed by atoms with Crippen LogP contribution in [0.4, 0.5) is 16.0 Å². The van der Waals surface area contributed by atoms with Crippen LogP contribution in [-0.4, -0.2) is 60.1 Å². The molecule has 36 heavy (non-hydrogen) atoms. The minimum Gasteiger partial charge on any atom is -0.392 e. The van der Waals surface area contributed by atoms with Gasteiger partial charge in [-0.15, -0.1) is 11.3 Å². The fraction of sp³-hybridized carbons (Fsp3) is 0.458. The van der Waals surface area contributed by atoms with Gasteiger partial charge in [-0.3, -0.25) is 4.72 Å². The number of sulfonamides is 1. The Morgan fingerprint density at radius 2 is 2.03 bits per heavy atom. The third kappa shape index (κ3) is 6.36. The van der Waals surface area contributed by atoms with Gasteiger partial charge in [0.1, 0.15) is 0 Å². The highest BCUT2D eigenvalue weighted by Crippen LogP contribution is 2.42. The standard InChI is InChI=1S/C24H30FN5O4S2/c1-3-13-36(32,33)30-18-6-4-5-17(20(18)25)21-22(35-23(29-21)16-8-11-34-12-9-16)19-7-10-26-24(28-19)27-14-15(2)31/h4-7,10,15-16,30-31H,3,8-9,11-14H2,1-2H3,(H,26,27,28)/t15-/m1/s1. The molecule has 194 valence electrons. The topological polar surface area (TPSA) is 126 Å². The maximum absolute atomic E-state index is 15.7. The molecule has 1 fully saturated rings. The van der Waals surface area contributed by atoms with E-state index in [9.17, 15) is 13.5 Å². The normalized spacial score (nSPS) is 15.6. The first-order valence-electron chi connectivity index (χ1n) is 11.9. The van der Waals surface area contributed by atoms with Crippen LogP contribution < -0.4 is 10.0 Å². The lowest BCUT2D eigenvalue weighted by Gasteiger charge is -2.19. The molecule has 3 N–H and O–H groups in total. The van der Waals surface area contributed by atoms with Gasteiger partial charge in [-0.25, -0.2) is 27.8 Å². The quantitative estimate of drug-likeness (QED) is 0.352. The first-order chi connectivity index (χ1) is 17.3. The molecule has 0 radical (unpaired) electrons. The number of nitrogens with one attached hydrogen (secondary N) is 2. The van der Waals surface area contributed by atoms with Crippen LogP contribution in [0.15, 0.2) is 30.5 Å². The summed E-state index contributed by atoms with van der Waals surface area (Å²) >= 11 is 1.44. The van der Waals surface area contributed by atoms with E-state index in [4.69, 9.17) is 9.72 Å². The van der Waals surface area contributed by atoms with Crippen LogP contribution in [0.2, 0.25) is 0 Å². The highest BCUT2D eigenvalue weighted by atomic mass is 32.2. The number of halogens is 1. The molecule has 0 amide bonds. The number of hydrogen-bond acceptors (Lipinski definition) is 9. The molecule has 1 aliphatic rings. The largest absolute Gasteiger partial charge is 0.392 e. The van der Waals surface area contributed by atoms with Crippen molar-refractivity contribution >= 4 is 33.0 Å². The third-order valence-electron chi connectivity index (χ3n) is 5.65. The number of thiazole rings is 1. The zero-order chi connectivity index (χ0) is 25.7. The van der Waals surface area contributed by atoms with Crippen molar-refractivity contribution in [3.8, 4) is 21.8 Å². The minimum absolute atomic E-state index is 0.102. The number of aliphatic hydroxyl groups is 1. The molecule has 2 aromatic heterocycles. The summed E-state index contributed by atoms with van der Waals surface area (Å²) in [6.45, 7) is 4.96. The van der Waals surface area contributed by atoms with Crippen molar-refractivity contribution in [2.24, 2.45) is 0 Å². The zero-order valence-corrected chi connectivity index (χ0v) is 21.8. The Morgan fingerprint density at radius 1 is 1.25 bits per heavy atom. The van der Waals surface area contributed by atoms with Gasteiger partial charge < -0.3 is 15.2 Å². The van der Waals surface area contributed by atoms with Gasteiger partial charge in [-0.05, 0) is 44.4 Å². The molecule has 0 aliphatic carbocycles. The predicted octanol–water partition coefficient (Wildman–Crippen LogP) is 4.24. The van der Waals surface area contributed by atoms with Crippen LogP contribution in [0.3, 0.4) is 0 Å². The van der Waals surface area contributed by atoms with Gasteiger partial charge in [0.15, 0.2) is 5.82 Å².